The molecule has 1 aromatic rings. The van der Waals surface area contributed by atoms with E-state index in [4.69, 9.17) is 9.84 Å². The third-order valence-electron chi connectivity index (χ3n) is 2.89. The summed E-state index contributed by atoms with van der Waals surface area (Å²) in [4.78, 5) is 6.38. The van der Waals surface area contributed by atoms with E-state index in [1.54, 1.807) is 13.0 Å². The predicted molar refractivity (Wildman–Crippen MR) is 80.1 cm³/mol. The summed E-state index contributed by atoms with van der Waals surface area (Å²) in [5.74, 6) is 0.551. The second-order valence-corrected chi connectivity index (χ2v) is 5.61. The summed E-state index contributed by atoms with van der Waals surface area (Å²) in [5, 5.41) is 11.9. The Bertz CT molecular complexity index is 441. The zero-order valence-corrected chi connectivity index (χ0v) is 12.9. The van der Waals surface area contributed by atoms with E-state index in [-0.39, 0.29) is 24.3 Å². The van der Waals surface area contributed by atoms with E-state index in [2.05, 4.69) is 15.2 Å². The van der Waals surface area contributed by atoms with Crippen LogP contribution in [-0.4, -0.2) is 49.0 Å². The number of morpholine rings is 1. The lowest BCUT2D eigenvalue weighted by atomic mass is 10.3. The van der Waals surface area contributed by atoms with Crippen molar-refractivity contribution < 1.29 is 14.2 Å². The molecule has 1 fully saturated rings. The lowest BCUT2D eigenvalue weighted by Crippen LogP contribution is -2.37. The van der Waals surface area contributed by atoms with Gasteiger partial charge in [0.15, 0.2) is 11.6 Å². The van der Waals surface area contributed by atoms with Crippen LogP contribution >= 0.6 is 22.6 Å². The topological polar surface area (TPSA) is 57.6 Å². The fraction of sp³-hybridized carbons (Fsp3) is 0.583. The number of pyridine rings is 1. The second-order valence-electron chi connectivity index (χ2n) is 4.45. The number of rotatable bonds is 4. The predicted octanol–water partition coefficient (Wildman–Crippen LogP) is 1.45. The van der Waals surface area contributed by atoms with Crippen LogP contribution in [0.5, 0.6) is 0 Å². The van der Waals surface area contributed by atoms with E-state index in [1.807, 2.05) is 22.6 Å². The normalized spacial score (nSPS) is 17.4. The Balaban J connectivity index is 2.24. The zero-order valence-electron chi connectivity index (χ0n) is 10.7. The van der Waals surface area contributed by atoms with Crippen molar-refractivity contribution in [2.75, 3.05) is 43.1 Å². The van der Waals surface area contributed by atoms with Crippen molar-refractivity contribution in [2.45, 2.75) is 13.0 Å². The molecule has 1 atom stereocenters. The minimum atomic E-state index is -0.377. The molecule has 106 valence electrons. The van der Waals surface area contributed by atoms with Gasteiger partial charge in [-0.3, -0.25) is 0 Å². The maximum Gasteiger partial charge on any atom is 0.178 e. The molecule has 7 heteroatoms. The van der Waals surface area contributed by atoms with Crippen molar-refractivity contribution in [1.82, 2.24) is 4.98 Å². The molecular formula is C12H17FIN3O2. The Morgan fingerprint density at radius 1 is 1.58 bits per heavy atom. The Morgan fingerprint density at radius 3 is 2.89 bits per heavy atom. The molecule has 0 saturated carbocycles. The number of aliphatic hydroxyl groups is 1. The molecule has 0 spiro atoms. The van der Waals surface area contributed by atoms with Gasteiger partial charge in [0.2, 0.25) is 0 Å². The Hall–Kier alpha value is -0.670. The van der Waals surface area contributed by atoms with Crippen LogP contribution in [0.15, 0.2) is 6.07 Å². The summed E-state index contributed by atoms with van der Waals surface area (Å²) < 4.78 is 19.8. The fourth-order valence-electron chi connectivity index (χ4n) is 1.81. The standard InChI is InChI=1S/C12H17FIN3O2/c1-8(7-18)15-12-11(13)9(14)6-10(16-12)17-2-4-19-5-3-17/h6,8,18H,2-5,7H2,1H3,(H,15,16)/t8-/m1/s1. The molecule has 0 unspecified atom stereocenters. The van der Waals surface area contributed by atoms with Gasteiger partial charge in [0, 0.05) is 19.1 Å². The molecule has 2 rings (SSSR count). The van der Waals surface area contributed by atoms with E-state index in [0.717, 1.165) is 18.9 Å². The van der Waals surface area contributed by atoms with Gasteiger partial charge >= 0.3 is 0 Å². The smallest absolute Gasteiger partial charge is 0.178 e. The van der Waals surface area contributed by atoms with Gasteiger partial charge in [0.1, 0.15) is 5.82 Å². The molecule has 0 amide bonds. The minimum absolute atomic E-state index is 0.0700. The maximum atomic E-state index is 14.0. The summed E-state index contributed by atoms with van der Waals surface area (Å²) in [6.45, 7) is 4.53. The van der Waals surface area contributed by atoms with Crippen LogP contribution in [-0.2, 0) is 4.74 Å². The van der Waals surface area contributed by atoms with Crippen LogP contribution in [0, 0.1) is 9.39 Å². The lowest BCUT2D eigenvalue weighted by molar-refractivity contribution is 0.122. The molecule has 0 radical (unpaired) electrons. The number of aromatic nitrogens is 1. The van der Waals surface area contributed by atoms with E-state index in [9.17, 15) is 4.39 Å². The SMILES string of the molecule is C[C@H](CO)Nc1nc(N2CCOCC2)cc(I)c1F. The van der Waals surface area contributed by atoms with E-state index in [0.29, 0.717) is 16.8 Å². The molecule has 2 heterocycles. The highest BCUT2D eigenvalue weighted by atomic mass is 127. The van der Waals surface area contributed by atoms with Crippen molar-refractivity contribution in [3.8, 4) is 0 Å². The number of hydrogen-bond donors (Lipinski definition) is 2. The first kappa shape index (κ1) is 14.7. The summed E-state index contributed by atoms with van der Waals surface area (Å²) in [7, 11) is 0. The van der Waals surface area contributed by atoms with E-state index in [1.165, 1.54) is 0 Å². The number of aliphatic hydroxyl groups excluding tert-OH is 1. The first-order chi connectivity index (χ1) is 9.11. The number of ether oxygens (including phenoxy) is 1. The summed E-state index contributed by atoms with van der Waals surface area (Å²) in [5.41, 5.74) is 0. The minimum Gasteiger partial charge on any atom is -0.394 e. The molecule has 1 aliphatic heterocycles. The molecule has 1 aliphatic rings. The van der Waals surface area contributed by atoms with Gasteiger partial charge in [-0.15, -0.1) is 0 Å². The van der Waals surface area contributed by atoms with E-state index >= 15 is 0 Å². The third kappa shape index (κ3) is 3.67. The number of halogens is 2. The highest BCUT2D eigenvalue weighted by molar-refractivity contribution is 14.1. The molecule has 1 saturated heterocycles. The van der Waals surface area contributed by atoms with Crippen LogP contribution in [0.25, 0.3) is 0 Å². The van der Waals surface area contributed by atoms with Crippen molar-refractivity contribution in [3.05, 3.63) is 15.5 Å². The highest BCUT2D eigenvalue weighted by Crippen LogP contribution is 2.24. The maximum absolute atomic E-state index is 14.0. The summed E-state index contributed by atoms with van der Waals surface area (Å²) >= 11 is 1.96. The molecule has 0 bridgehead atoms. The average Bonchev–Trinajstić information content (AvgIpc) is 2.44. The van der Waals surface area contributed by atoms with Gasteiger partial charge in [0.05, 0.1) is 23.4 Å². The Morgan fingerprint density at radius 2 is 2.26 bits per heavy atom. The Kier molecular flexibility index (Phi) is 5.17. The van der Waals surface area contributed by atoms with Gasteiger partial charge in [0.25, 0.3) is 0 Å². The molecule has 19 heavy (non-hydrogen) atoms. The zero-order chi connectivity index (χ0) is 13.8. The summed E-state index contributed by atoms with van der Waals surface area (Å²) in [6.07, 6.45) is 0. The first-order valence-corrected chi connectivity index (χ1v) is 7.26. The van der Waals surface area contributed by atoms with Crippen molar-refractivity contribution in [1.29, 1.82) is 0 Å². The van der Waals surface area contributed by atoms with Crippen molar-refractivity contribution in [2.24, 2.45) is 0 Å². The first-order valence-electron chi connectivity index (χ1n) is 6.18. The molecule has 2 N–H and O–H groups in total. The van der Waals surface area contributed by atoms with Crippen molar-refractivity contribution in [3.63, 3.8) is 0 Å². The number of anilines is 2. The molecule has 0 aromatic carbocycles. The Labute approximate surface area is 125 Å². The van der Waals surface area contributed by atoms with Crippen LogP contribution in [0.2, 0.25) is 0 Å². The third-order valence-corrected chi connectivity index (χ3v) is 3.68. The van der Waals surface area contributed by atoms with Gasteiger partial charge < -0.3 is 20.1 Å². The molecule has 5 nitrogen and oxygen atoms in total. The van der Waals surface area contributed by atoms with E-state index < -0.39 is 0 Å². The number of hydrogen-bond acceptors (Lipinski definition) is 5. The molecule has 1 aromatic heterocycles. The van der Waals surface area contributed by atoms with Gasteiger partial charge in [-0.05, 0) is 35.6 Å². The average molecular weight is 381 g/mol. The van der Waals surface area contributed by atoms with Gasteiger partial charge in [-0.1, -0.05) is 0 Å². The quantitative estimate of drug-likeness (QED) is 0.774. The summed E-state index contributed by atoms with van der Waals surface area (Å²) in [6, 6.07) is 1.49. The fourth-order valence-corrected chi connectivity index (χ4v) is 2.35. The number of nitrogens with one attached hydrogen (secondary N) is 1. The van der Waals surface area contributed by atoms with Crippen LogP contribution in [0.1, 0.15) is 6.92 Å². The monoisotopic (exact) mass is 381 g/mol. The van der Waals surface area contributed by atoms with Crippen LogP contribution in [0.4, 0.5) is 16.0 Å². The van der Waals surface area contributed by atoms with Crippen molar-refractivity contribution >= 4 is 34.2 Å². The second kappa shape index (κ2) is 6.67. The molecule has 0 aliphatic carbocycles. The largest absolute Gasteiger partial charge is 0.394 e. The number of nitrogens with zero attached hydrogens (tertiary/aromatic N) is 2. The van der Waals surface area contributed by atoms with Gasteiger partial charge in [-0.2, -0.15) is 0 Å². The lowest BCUT2D eigenvalue weighted by Gasteiger charge is -2.28. The van der Waals surface area contributed by atoms with Crippen LogP contribution in [0.3, 0.4) is 0 Å². The van der Waals surface area contributed by atoms with Gasteiger partial charge in [-0.25, -0.2) is 9.37 Å². The van der Waals surface area contributed by atoms with Crippen LogP contribution < -0.4 is 10.2 Å². The molecular weight excluding hydrogens is 364 g/mol. The highest BCUT2D eigenvalue weighted by Gasteiger charge is 2.18.